The van der Waals surface area contributed by atoms with Gasteiger partial charge in [0.05, 0.1) is 12.2 Å². The number of rotatable bonds is 4. The van der Waals surface area contributed by atoms with Crippen molar-refractivity contribution in [2.45, 2.75) is 13.5 Å². The number of pyridine rings is 1. The predicted molar refractivity (Wildman–Crippen MR) is 86.7 cm³/mol. The summed E-state index contributed by atoms with van der Waals surface area (Å²) < 4.78 is 0. The van der Waals surface area contributed by atoms with Crippen molar-refractivity contribution in [3.63, 3.8) is 0 Å². The molecule has 1 aromatic carbocycles. The van der Waals surface area contributed by atoms with E-state index in [1.807, 2.05) is 49.4 Å². The van der Waals surface area contributed by atoms with Crippen LogP contribution in [0.2, 0.25) is 0 Å². The summed E-state index contributed by atoms with van der Waals surface area (Å²) in [6, 6.07) is 12.6. The van der Waals surface area contributed by atoms with Crippen molar-refractivity contribution in [3.8, 4) is 11.4 Å². The molecule has 23 heavy (non-hydrogen) atoms. The zero-order valence-corrected chi connectivity index (χ0v) is 12.6. The van der Waals surface area contributed by atoms with E-state index in [1.165, 1.54) is 0 Å². The highest BCUT2D eigenvalue weighted by Crippen LogP contribution is 2.19. The lowest BCUT2D eigenvalue weighted by molar-refractivity contribution is 0.251. The molecule has 0 aliphatic heterocycles. The number of hydrogen-bond acceptors (Lipinski definition) is 4. The first kappa shape index (κ1) is 14.7. The number of H-pyrrole nitrogens is 1. The van der Waals surface area contributed by atoms with Gasteiger partial charge in [-0.3, -0.25) is 10.1 Å². The third-order valence-electron chi connectivity index (χ3n) is 3.13. The van der Waals surface area contributed by atoms with Crippen LogP contribution in [0, 0.1) is 6.92 Å². The Balaban J connectivity index is 1.62. The minimum Gasteiger partial charge on any atom is -0.332 e. The SMILES string of the molecule is Cc1nc(-c2cccc(NC(=O)NCc3ccccn3)c2)n[nH]1. The predicted octanol–water partition coefficient (Wildman–Crippen LogP) is 2.50. The molecule has 0 saturated heterocycles. The molecule has 0 spiro atoms. The summed E-state index contributed by atoms with van der Waals surface area (Å²) in [6.45, 7) is 2.20. The normalized spacial score (nSPS) is 10.3. The molecule has 2 heterocycles. The first-order chi connectivity index (χ1) is 11.2. The summed E-state index contributed by atoms with van der Waals surface area (Å²) >= 11 is 0. The van der Waals surface area contributed by atoms with Gasteiger partial charge in [-0.2, -0.15) is 5.10 Å². The number of aromatic amines is 1. The molecule has 2 amide bonds. The molecule has 3 N–H and O–H groups in total. The van der Waals surface area contributed by atoms with E-state index in [1.54, 1.807) is 6.20 Å². The maximum atomic E-state index is 12.0. The van der Waals surface area contributed by atoms with Crippen molar-refractivity contribution in [1.29, 1.82) is 0 Å². The van der Waals surface area contributed by atoms with Gasteiger partial charge >= 0.3 is 6.03 Å². The Bertz CT molecular complexity index is 799. The fourth-order valence-corrected chi connectivity index (χ4v) is 2.06. The fraction of sp³-hybridized carbons (Fsp3) is 0.125. The van der Waals surface area contributed by atoms with Crippen LogP contribution in [0.5, 0.6) is 0 Å². The molecule has 0 radical (unpaired) electrons. The smallest absolute Gasteiger partial charge is 0.319 e. The van der Waals surface area contributed by atoms with Gasteiger partial charge in [0.2, 0.25) is 0 Å². The number of hydrogen-bond donors (Lipinski definition) is 3. The Morgan fingerprint density at radius 1 is 1.22 bits per heavy atom. The van der Waals surface area contributed by atoms with Gasteiger partial charge in [0.15, 0.2) is 5.82 Å². The molecule has 0 atom stereocenters. The number of benzene rings is 1. The van der Waals surface area contributed by atoms with Crippen molar-refractivity contribution in [2.75, 3.05) is 5.32 Å². The monoisotopic (exact) mass is 308 g/mol. The van der Waals surface area contributed by atoms with Crippen LogP contribution in [0.3, 0.4) is 0 Å². The third-order valence-corrected chi connectivity index (χ3v) is 3.13. The van der Waals surface area contributed by atoms with Crippen LogP contribution < -0.4 is 10.6 Å². The first-order valence-electron chi connectivity index (χ1n) is 7.15. The average Bonchev–Trinajstić information content (AvgIpc) is 3.01. The highest BCUT2D eigenvalue weighted by Gasteiger charge is 2.06. The minimum absolute atomic E-state index is 0.293. The number of urea groups is 1. The number of anilines is 1. The topological polar surface area (TPSA) is 95.6 Å². The molecule has 0 saturated carbocycles. The lowest BCUT2D eigenvalue weighted by Crippen LogP contribution is -2.28. The maximum absolute atomic E-state index is 12.0. The molecular formula is C16H16N6O. The van der Waals surface area contributed by atoms with E-state index < -0.39 is 0 Å². The molecule has 0 fully saturated rings. The average molecular weight is 308 g/mol. The second kappa shape index (κ2) is 6.69. The highest BCUT2D eigenvalue weighted by atomic mass is 16.2. The van der Waals surface area contributed by atoms with Crippen molar-refractivity contribution < 1.29 is 4.79 Å². The quantitative estimate of drug-likeness (QED) is 0.690. The van der Waals surface area contributed by atoms with Gasteiger partial charge in [-0.1, -0.05) is 18.2 Å². The standard InChI is InChI=1S/C16H16N6O/c1-11-19-15(22-21-11)12-5-4-7-13(9-12)20-16(23)18-10-14-6-2-3-8-17-14/h2-9H,10H2,1H3,(H2,18,20,23)(H,19,21,22). The van der Waals surface area contributed by atoms with E-state index >= 15 is 0 Å². The zero-order chi connectivity index (χ0) is 16.1. The maximum Gasteiger partial charge on any atom is 0.319 e. The summed E-state index contributed by atoms with van der Waals surface area (Å²) in [6.07, 6.45) is 1.69. The van der Waals surface area contributed by atoms with Gasteiger partial charge in [-0.15, -0.1) is 0 Å². The van der Waals surface area contributed by atoms with E-state index in [4.69, 9.17) is 0 Å². The number of amides is 2. The Morgan fingerprint density at radius 2 is 2.13 bits per heavy atom. The molecule has 116 valence electrons. The molecule has 0 aliphatic rings. The van der Waals surface area contributed by atoms with Crippen LogP contribution in [0.4, 0.5) is 10.5 Å². The summed E-state index contributed by atoms with van der Waals surface area (Å²) in [5.74, 6) is 1.34. The Morgan fingerprint density at radius 3 is 2.87 bits per heavy atom. The van der Waals surface area contributed by atoms with E-state index in [9.17, 15) is 4.79 Å². The molecule has 2 aromatic heterocycles. The van der Waals surface area contributed by atoms with E-state index in [0.29, 0.717) is 18.1 Å². The van der Waals surface area contributed by atoms with Crippen LogP contribution in [0.1, 0.15) is 11.5 Å². The van der Waals surface area contributed by atoms with Gasteiger partial charge in [0.25, 0.3) is 0 Å². The summed E-state index contributed by atoms with van der Waals surface area (Å²) in [7, 11) is 0. The number of aromatic nitrogens is 4. The highest BCUT2D eigenvalue weighted by molar-refractivity contribution is 5.89. The number of aryl methyl sites for hydroxylation is 1. The van der Waals surface area contributed by atoms with Crippen LogP contribution in [-0.2, 0) is 6.54 Å². The van der Waals surface area contributed by atoms with Gasteiger partial charge in [-0.25, -0.2) is 9.78 Å². The molecule has 0 aliphatic carbocycles. The minimum atomic E-state index is -0.293. The number of nitrogens with zero attached hydrogens (tertiary/aromatic N) is 3. The third kappa shape index (κ3) is 3.91. The molecule has 7 heteroatoms. The second-order valence-corrected chi connectivity index (χ2v) is 4.95. The fourth-order valence-electron chi connectivity index (χ4n) is 2.06. The largest absolute Gasteiger partial charge is 0.332 e. The second-order valence-electron chi connectivity index (χ2n) is 4.95. The van der Waals surface area contributed by atoms with E-state index in [2.05, 4.69) is 30.8 Å². The summed E-state index contributed by atoms with van der Waals surface area (Å²) in [5.41, 5.74) is 2.30. The Labute approximate surface area is 133 Å². The Kier molecular flexibility index (Phi) is 4.28. The van der Waals surface area contributed by atoms with Crippen molar-refractivity contribution >= 4 is 11.7 Å². The van der Waals surface area contributed by atoms with Gasteiger partial charge in [0.1, 0.15) is 5.82 Å². The number of carbonyl (C=O) groups excluding carboxylic acids is 1. The summed E-state index contributed by atoms with van der Waals surface area (Å²) in [4.78, 5) is 20.4. The van der Waals surface area contributed by atoms with Crippen LogP contribution >= 0.6 is 0 Å². The van der Waals surface area contributed by atoms with Crippen molar-refractivity contribution in [3.05, 3.63) is 60.2 Å². The van der Waals surface area contributed by atoms with Crippen LogP contribution in [0.25, 0.3) is 11.4 Å². The number of nitrogens with one attached hydrogen (secondary N) is 3. The summed E-state index contributed by atoms with van der Waals surface area (Å²) in [5, 5.41) is 12.5. The van der Waals surface area contributed by atoms with Gasteiger partial charge < -0.3 is 10.6 Å². The molecular weight excluding hydrogens is 292 g/mol. The van der Waals surface area contributed by atoms with E-state index in [-0.39, 0.29) is 6.03 Å². The van der Waals surface area contributed by atoms with Crippen molar-refractivity contribution in [2.24, 2.45) is 0 Å². The Hall–Kier alpha value is -3.22. The molecule has 0 bridgehead atoms. The molecule has 0 unspecified atom stereocenters. The van der Waals surface area contributed by atoms with Crippen LogP contribution in [-0.4, -0.2) is 26.2 Å². The molecule has 3 rings (SSSR count). The first-order valence-corrected chi connectivity index (χ1v) is 7.15. The number of carbonyl (C=O) groups is 1. The van der Waals surface area contributed by atoms with Crippen LogP contribution in [0.15, 0.2) is 48.7 Å². The molecule has 3 aromatic rings. The lowest BCUT2D eigenvalue weighted by Gasteiger charge is -2.08. The zero-order valence-electron chi connectivity index (χ0n) is 12.6. The lowest BCUT2D eigenvalue weighted by atomic mass is 10.2. The van der Waals surface area contributed by atoms with E-state index in [0.717, 1.165) is 17.1 Å². The van der Waals surface area contributed by atoms with Gasteiger partial charge in [-0.05, 0) is 31.2 Å². The van der Waals surface area contributed by atoms with Crippen molar-refractivity contribution in [1.82, 2.24) is 25.5 Å². The van der Waals surface area contributed by atoms with Gasteiger partial charge in [0, 0.05) is 17.4 Å². The molecule has 7 nitrogen and oxygen atoms in total.